The molecular weight excluding hydrogens is 446 g/mol. The summed E-state index contributed by atoms with van der Waals surface area (Å²) in [5.74, 6) is 6.82. The third kappa shape index (κ3) is 5.75. The molecule has 3 aliphatic rings. The Hall–Kier alpha value is -2.10. The van der Waals surface area contributed by atoms with Crippen molar-refractivity contribution in [3.63, 3.8) is 0 Å². The molecule has 5 nitrogen and oxygen atoms in total. The molecule has 184 valence electrons. The van der Waals surface area contributed by atoms with Crippen molar-refractivity contribution in [2.75, 3.05) is 26.3 Å². The van der Waals surface area contributed by atoms with Crippen LogP contribution in [0.5, 0.6) is 0 Å². The minimum absolute atomic E-state index is 0.0760. The molecule has 1 saturated carbocycles. The lowest BCUT2D eigenvalue weighted by atomic mass is 9.75. The van der Waals surface area contributed by atoms with Crippen LogP contribution >= 0.6 is 11.3 Å². The van der Waals surface area contributed by atoms with Crippen LogP contribution in [0.25, 0.3) is 5.57 Å². The zero-order valence-electron chi connectivity index (χ0n) is 20.9. The van der Waals surface area contributed by atoms with Crippen molar-refractivity contribution in [2.24, 2.45) is 23.2 Å². The maximum atomic E-state index is 13.2. The summed E-state index contributed by atoms with van der Waals surface area (Å²) in [6, 6.07) is 1.96. The molecule has 1 aliphatic carbocycles. The van der Waals surface area contributed by atoms with E-state index in [0.29, 0.717) is 37.1 Å². The lowest BCUT2D eigenvalue weighted by Crippen LogP contribution is -2.41. The van der Waals surface area contributed by atoms with E-state index in [2.05, 4.69) is 39.5 Å². The molecule has 1 atom stereocenters. The van der Waals surface area contributed by atoms with Crippen LogP contribution in [0.1, 0.15) is 86.3 Å². The molecule has 3 heterocycles. The summed E-state index contributed by atoms with van der Waals surface area (Å²) in [6.07, 6.45) is 6.31. The molecule has 34 heavy (non-hydrogen) atoms. The van der Waals surface area contributed by atoms with Crippen LogP contribution in [0.2, 0.25) is 0 Å². The van der Waals surface area contributed by atoms with E-state index < -0.39 is 5.97 Å². The van der Waals surface area contributed by atoms with Gasteiger partial charge in [0.25, 0.3) is 0 Å². The summed E-state index contributed by atoms with van der Waals surface area (Å²) < 4.78 is 5.46. The number of carbonyl (C=O) groups is 2. The second kappa shape index (κ2) is 10.3. The van der Waals surface area contributed by atoms with E-state index in [1.807, 2.05) is 11.0 Å². The number of hydrogen-bond donors (Lipinski definition) is 1. The van der Waals surface area contributed by atoms with Gasteiger partial charge in [-0.2, -0.15) is 0 Å². The van der Waals surface area contributed by atoms with Gasteiger partial charge in [0.2, 0.25) is 5.91 Å². The Morgan fingerprint density at radius 3 is 2.53 bits per heavy atom. The zero-order chi connectivity index (χ0) is 24.5. The second-order valence-electron chi connectivity index (χ2n) is 11.2. The minimum Gasteiger partial charge on any atom is -0.477 e. The van der Waals surface area contributed by atoms with Gasteiger partial charge in [-0.25, -0.2) is 4.79 Å². The minimum atomic E-state index is -0.916. The number of ether oxygens (including phenoxy) is 1. The van der Waals surface area contributed by atoms with Gasteiger partial charge in [0.15, 0.2) is 0 Å². The highest BCUT2D eigenvalue weighted by atomic mass is 32.1. The maximum absolute atomic E-state index is 13.2. The first-order chi connectivity index (χ1) is 16.1. The fourth-order valence-electron chi connectivity index (χ4n) is 5.36. The summed E-state index contributed by atoms with van der Waals surface area (Å²) in [4.78, 5) is 28.6. The van der Waals surface area contributed by atoms with Crippen LogP contribution in [-0.4, -0.2) is 48.2 Å². The average molecular weight is 484 g/mol. The normalized spacial score (nSPS) is 25.8. The van der Waals surface area contributed by atoms with Gasteiger partial charge in [-0.05, 0) is 69.9 Å². The van der Waals surface area contributed by atoms with E-state index in [9.17, 15) is 14.7 Å². The van der Waals surface area contributed by atoms with Crippen molar-refractivity contribution in [1.82, 2.24) is 4.90 Å². The van der Waals surface area contributed by atoms with E-state index >= 15 is 0 Å². The molecule has 2 aliphatic heterocycles. The zero-order valence-corrected chi connectivity index (χ0v) is 21.7. The molecule has 4 rings (SSSR count). The predicted octanol–water partition coefficient (Wildman–Crippen LogP) is 5.69. The first kappa shape index (κ1) is 25.0. The Balaban J connectivity index is 1.73. The molecule has 0 radical (unpaired) electrons. The van der Waals surface area contributed by atoms with Gasteiger partial charge in [-0.15, -0.1) is 11.3 Å². The maximum Gasteiger partial charge on any atom is 0.346 e. The Morgan fingerprint density at radius 2 is 1.91 bits per heavy atom. The van der Waals surface area contributed by atoms with Gasteiger partial charge in [0, 0.05) is 30.7 Å². The third-order valence-electron chi connectivity index (χ3n) is 7.30. The lowest BCUT2D eigenvalue weighted by molar-refractivity contribution is -0.135. The first-order valence-corrected chi connectivity index (χ1v) is 13.4. The molecule has 0 spiro atoms. The number of amides is 1. The number of nitrogens with zero attached hydrogens (tertiary/aromatic N) is 1. The SMILES string of the molecule is CC1CCC(C2=C(c3cc(C#CC(C)(C)C)sc3C(=O)O)CN(C(=O)C3CCOC3)CC2)CC1. The number of carboxylic acids is 1. The summed E-state index contributed by atoms with van der Waals surface area (Å²) in [6.45, 7) is 10.8. The highest BCUT2D eigenvalue weighted by Gasteiger charge is 2.35. The third-order valence-corrected chi connectivity index (χ3v) is 8.34. The van der Waals surface area contributed by atoms with Gasteiger partial charge in [-0.1, -0.05) is 37.2 Å². The van der Waals surface area contributed by atoms with Gasteiger partial charge in [0.05, 0.1) is 17.4 Å². The van der Waals surface area contributed by atoms with E-state index in [1.54, 1.807) is 0 Å². The van der Waals surface area contributed by atoms with Crippen LogP contribution in [0.15, 0.2) is 11.6 Å². The second-order valence-corrected chi connectivity index (χ2v) is 12.2. The summed E-state index contributed by atoms with van der Waals surface area (Å²) in [7, 11) is 0. The fourth-order valence-corrected chi connectivity index (χ4v) is 6.23. The number of aromatic carboxylic acids is 1. The molecule has 1 aromatic rings. The van der Waals surface area contributed by atoms with E-state index in [4.69, 9.17) is 4.74 Å². The van der Waals surface area contributed by atoms with E-state index in [0.717, 1.165) is 47.6 Å². The van der Waals surface area contributed by atoms with Gasteiger partial charge < -0.3 is 14.7 Å². The van der Waals surface area contributed by atoms with E-state index in [1.165, 1.54) is 29.8 Å². The molecule has 6 heteroatoms. The average Bonchev–Trinajstić information content (AvgIpc) is 3.47. The van der Waals surface area contributed by atoms with Crippen molar-refractivity contribution in [3.8, 4) is 11.8 Å². The summed E-state index contributed by atoms with van der Waals surface area (Å²) in [5, 5.41) is 10.1. The highest BCUT2D eigenvalue weighted by molar-refractivity contribution is 7.14. The Bertz CT molecular complexity index is 1020. The molecule has 1 aromatic heterocycles. The molecule has 0 aromatic carbocycles. The first-order valence-electron chi connectivity index (χ1n) is 12.6. The van der Waals surface area contributed by atoms with Crippen molar-refractivity contribution in [2.45, 2.75) is 66.2 Å². The number of carbonyl (C=O) groups excluding carboxylic acids is 1. The van der Waals surface area contributed by atoms with Gasteiger partial charge >= 0.3 is 5.97 Å². The Kier molecular flexibility index (Phi) is 7.54. The van der Waals surface area contributed by atoms with Crippen molar-refractivity contribution < 1.29 is 19.4 Å². The van der Waals surface area contributed by atoms with Crippen molar-refractivity contribution in [1.29, 1.82) is 0 Å². The quantitative estimate of drug-likeness (QED) is 0.559. The fraction of sp³-hybridized carbons (Fsp3) is 0.643. The smallest absolute Gasteiger partial charge is 0.346 e. The van der Waals surface area contributed by atoms with Crippen LogP contribution in [0, 0.1) is 35.0 Å². The van der Waals surface area contributed by atoms with Crippen LogP contribution in [0.3, 0.4) is 0 Å². The number of rotatable bonds is 4. The van der Waals surface area contributed by atoms with Gasteiger partial charge in [0.1, 0.15) is 4.88 Å². The topological polar surface area (TPSA) is 66.8 Å². The molecule has 0 bridgehead atoms. The lowest BCUT2D eigenvalue weighted by Gasteiger charge is -2.37. The standard InChI is InChI=1S/C28H37NO4S/c1-18-5-7-19(8-6-18)22-10-13-29(26(30)20-11-14-33-17-20)16-24(22)23-15-21(9-12-28(2,3)4)34-25(23)27(31)32/h15,18-20H,5-8,10-11,13-14,16-17H2,1-4H3,(H,31,32). The Labute approximate surface area is 207 Å². The summed E-state index contributed by atoms with van der Waals surface area (Å²) in [5.41, 5.74) is 3.03. The van der Waals surface area contributed by atoms with Crippen LogP contribution < -0.4 is 0 Å². The number of hydrogen-bond acceptors (Lipinski definition) is 4. The summed E-state index contributed by atoms with van der Waals surface area (Å²) >= 11 is 1.26. The Morgan fingerprint density at radius 1 is 1.18 bits per heavy atom. The highest BCUT2D eigenvalue weighted by Crippen LogP contribution is 2.42. The molecule has 2 fully saturated rings. The molecule has 1 N–H and O–H groups in total. The number of carboxylic acid groups (broad SMARTS) is 1. The number of thiophene rings is 1. The van der Waals surface area contributed by atoms with Gasteiger partial charge in [-0.3, -0.25) is 4.79 Å². The molecule has 1 saturated heterocycles. The van der Waals surface area contributed by atoms with Crippen molar-refractivity contribution >= 4 is 28.8 Å². The largest absolute Gasteiger partial charge is 0.477 e. The van der Waals surface area contributed by atoms with E-state index in [-0.39, 0.29) is 17.2 Å². The predicted molar refractivity (Wildman–Crippen MR) is 136 cm³/mol. The monoisotopic (exact) mass is 483 g/mol. The van der Waals surface area contributed by atoms with Crippen LogP contribution in [0.4, 0.5) is 0 Å². The molecule has 1 amide bonds. The molecule has 1 unspecified atom stereocenters. The molecular formula is C28H37NO4S. The van der Waals surface area contributed by atoms with Crippen LogP contribution in [-0.2, 0) is 9.53 Å². The van der Waals surface area contributed by atoms with Crippen molar-refractivity contribution in [3.05, 3.63) is 27.0 Å².